The first kappa shape index (κ1) is 14.5. The molecule has 0 aliphatic carbocycles. The number of benzene rings is 1. The van der Waals surface area contributed by atoms with Gasteiger partial charge in [-0.3, -0.25) is 0 Å². The van der Waals surface area contributed by atoms with Crippen LogP contribution in [-0.2, 0) is 16.6 Å². The Morgan fingerprint density at radius 2 is 2.10 bits per heavy atom. The normalized spacial score (nSPS) is 11.8. The lowest BCUT2D eigenvalue weighted by molar-refractivity contribution is 0.392. The fraction of sp³-hybridized carbons (Fsp3) is 0.250. The molecule has 0 atom stereocenters. The molecule has 0 aliphatic heterocycles. The van der Waals surface area contributed by atoms with Crippen LogP contribution in [0.15, 0.2) is 27.6 Å². The van der Waals surface area contributed by atoms with Crippen LogP contribution < -0.4 is 10.5 Å². The molecule has 8 heteroatoms. The van der Waals surface area contributed by atoms with Gasteiger partial charge in [0, 0.05) is 12.1 Å². The van der Waals surface area contributed by atoms with Gasteiger partial charge < -0.3 is 10.3 Å². The van der Waals surface area contributed by atoms with Crippen molar-refractivity contribution in [1.82, 2.24) is 9.88 Å². The summed E-state index contributed by atoms with van der Waals surface area (Å²) in [6.07, 6.45) is 0. The molecule has 0 spiro atoms. The monoisotopic (exact) mass is 299 g/mol. The molecule has 0 aliphatic rings. The first-order valence-corrected chi connectivity index (χ1v) is 7.26. The van der Waals surface area contributed by atoms with Gasteiger partial charge in [-0.1, -0.05) is 11.2 Å². The van der Waals surface area contributed by atoms with Gasteiger partial charge in [0.2, 0.25) is 10.0 Å². The third-order valence-corrected chi connectivity index (χ3v) is 4.38. The van der Waals surface area contributed by atoms with Crippen LogP contribution in [0, 0.1) is 19.7 Å². The van der Waals surface area contributed by atoms with Gasteiger partial charge in [-0.2, -0.15) is 0 Å². The number of nitrogens with zero attached hydrogens (tertiary/aromatic N) is 1. The molecule has 0 bridgehead atoms. The van der Waals surface area contributed by atoms with Crippen molar-refractivity contribution in [3.05, 3.63) is 41.0 Å². The SMILES string of the molecule is Cc1noc(C)c1CNS(=O)(=O)c1cccc(F)c1N. The molecule has 0 saturated carbocycles. The summed E-state index contributed by atoms with van der Waals surface area (Å²) in [6, 6.07) is 3.63. The second kappa shape index (κ2) is 5.22. The van der Waals surface area contributed by atoms with Crippen LogP contribution >= 0.6 is 0 Å². The predicted octanol–water partition coefficient (Wildman–Crippen LogP) is 1.49. The number of rotatable bonds is 4. The number of sulfonamides is 1. The van der Waals surface area contributed by atoms with Gasteiger partial charge in [0.05, 0.1) is 11.4 Å². The molecule has 2 aromatic rings. The summed E-state index contributed by atoms with van der Waals surface area (Å²) in [5.74, 6) is -0.248. The molecule has 0 amide bonds. The largest absolute Gasteiger partial charge is 0.395 e. The third kappa shape index (κ3) is 2.66. The summed E-state index contributed by atoms with van der Waals surface area (Å²) >= 11 is 0. The molecule has 1 aromatic carbocycles. The van der Waals surface area contributed by atoms with Crippen LogP contribution in [0.25, 0.3) is 0 Å². The average Bonchev–Trinajstić information content (AvgIpc) is 2.70. The number of hydrogen-bond donors (Lipinski definition) is 2. The van der Waals surface area contributed by atoms with Gasteiger partial charge in [0.25, 0.3) is 0 Å². The van der Waals surface area contributed by atoms with E-state index in [4.69, 9.17) is 10.3 Å². The zero-order chi connectivity index (χ0) is 14.9. The topological polar surface area (TPSA) is 98.2 Å². The Bertz CT molecular complexity index is 721. The van der Waals surface area contributed by atoms with Crippen LogP contribution in [0.5, 0.6) is 0 Å². The lowest BCUT2D eigenvalue weighted by Crippen LogP contribution is -2.25. The number of aromatic nitrogens is 1. The Morgan fingerprint density at radius 1 is 1.40 bits per heavy atom. The van der Waals surface area contributed by atoms with Crippen molar-refractivity contribution in [2.24, 2.45) is 0 Å². The number of halogens is 1. The fourth-order valence-electron chi connectivity index (χ4n) is 1.75. The molecular weight excluding hydrogens is 285 g/mol. The minimum absolute atomic E-state index is 0.000542. The van der Waals surface area contributed by atoms with Crippen molar-refractivity contribution < 1.29 is 17.3 Å². The fourth-order valence-corrected chi connectivity index (χ4v) is 2.89. The van der Waals surface area contributed by atoms with E-state index in [1.165, 1.54) is 12.1 Å². The number of nitrogen functional groups attached to an aromatic ring is 1. The van der Waals surface area contributed by atoms with Crippen molar-refractivity contribution in [3.63, 3.8) is 0 Å². The van der Waals surface area contributed by atoms with E-state index in [0.717, 1.165) is 6.07 Å². The number of nitrogens with two attached hydrogens (primary N) is 1. The number of anilines is 1. The van der Waals surface area contributed by atoms with Crippen molar-refractivity contribution in [3.8, 4) is 0 Å². The Hall–Kier alpha value is -1.93. The molecule has 108 valence electrons. The predicted molar refractivity (Wildman–Crippen MR) is 70.8 cm³/mol. The van der Waals surface area contributed by atoms with Gasteiger partial charge in [0.1, 0.15) is 16.5 Å². The van der Waals surface area contributed by atoms with Crippen LogP contribution in [0.1, 0.15) is 17.0 Å². The highest BCUT2D eigenvalue weighted by molar-refractivity contribution is 7.89. The summed E-state index contributed by atoms with van der Waals surface area (Å²) < 4.78 is 44.8. The number of hydrogen-bond acceptors (Lipinski definition) is 5. The van der Waals surface area contributed by atoms with Crippen LogP contribution in [0.4, 0.5) is 10.1 Å². The molecule has 20 heavy (non-hydrogen) atoms. The smallest absolute Gasteiger partial charge is 0.243 e. The molecule has 2 rings (SSSR count). The zero-order valence-corrected chi connectivity index (χ0v) is 11.8. The summed E-state index contributed by atoms with van der Waals surface area (Å²) in [5.41, 5.74) is 6.29. The summed E-state index contributed by atoms with van der Waals surface area (Å²) in [5, 5.41) is 3.73. The quantitative estimate of drug-likeness (QED) is 0.833. The van der Waals surface area contributed by atoms with E-state index in [-0.39, 0.29) is 11.4 Å². The van der Waals surface area contributed by atoms with Crippen molar-refractivity contribution in [1.29, 1.82) is 0 Å². The molecule has 1 aromatic heterocycles. The summed E-state index contributed by atoms with van der Waals surface area (Å²) in [4.78, 5) is -0.288. The van der Waals surface area contributed by atoms with Gasteiger partial charge in [-0.25, -0.2) is 17.5 Å². The second-order valence-corrected chi connectivity index (χ2v) is 6.01. The maximum atomic E-state index is 13.3. The van der Waals surface area contributed by atoms with E-state index >= 15 is 0 Å². The van der Waals surface area contributed by atoms with E-state index in [0.29, 0.717) is 17.0 Å². The minimum Gasteiger partial charge on any atom is -0.395 e. The highest BCUT2D eigenvalue weighted by Gasteiger charge is 2.20. The molecule has 0 unspecified atom stereocenters. The number of para-hydroxylation sites is 1. The van der Waals surface area contributed by atoms with E-state index in [1.807, 2.05) is 0 Å². The molecule has 0 fully saturated rings. The Morgan fingerprint density at radius 3 is 2.70 bits per heavy atom. The lowest BCUT2D eigenvalue weighted by atomic mass is 10.2. The van der Waals surface area contributed by atoms with Crippen molar-refractivity contribution in [2.45, 2.75) is 25.3 Å². The highest BCUT2D eigenvalue weighted by Crippen LogP contribution is 2.21. The second-order valence-electron chi connectivity index (χ2n) is 4.28. The zero-order valence-electron chi connectivity index (χ0n) is 11.0. The van der Waals surface area contributed by atoms with Gasteiger partial charge in [0.15, 0.2) is 0 Å². The molecule has 3 N–H and O–H groups in total. The molecule has 0 saturated heterocycles. The Labute approximate surface area is 115 Å². The Kier molecular flexibility index (Phi) is 3.78. The Balaban J connectivity index is 2.26. The maximum Gasteiger partial charge on any atom is 0.243 e. The van der Waals surface area contributed by atoms with Gasteiger partial charge >= 0.3 is 0 Å². The van der Waals surface area contributed by atoms with E-state index in [1.54, 1.807) is 13.8 Å². The van der Waals surface area contributed by atoms with Gasteiger partial charge in [-0.15, -0.1) is 0 Å². The molecule has 1 heterocycles. The van der Waals surface area contributed by atoms with Crippen molar-refractivity contribution in [2.75, 3.05) is 5.73 Å². The molecule has 0 radical (unpaired) electrons. The average molecular weight is 299 g/mol. The van der Waals surface area contributed by atoms with Crippen LogP contribution in [-0.4, -0.2) is 13.6 Å². The van der Waals surface area contributed by atoms with Crippen LogP contribution in [0.2, 0.25) is 0 Å². The molecule has 6 nitrogen and oxygen atoms in total. The van der Waals surface area contributed by atoms with E-state index in [2.05, 4.69) is 9.88 Å². The first-order chi connectivity index (χ1) is 9.33. The van der Waals surface area contributed by atoms with E-state index in [9.17, 15) is 12.8 Å². The van der Waals surface area contributed by atoms with Crippen LogP contribution in [0.3, 0.4) is 0 Å². The standard InChI is InChI=1S/C12H14FN3O3S/c1-7-9(8(2)19-16-7)6-15-20(17,18)11-5-3-4-10(13)12(11)14/h3-5,15H,6,14H2,1-2H3. The maximum absolute atomic E-state index is 13.3. The number of nitrogens with one attached hydrogen (secondary N) is 1. The van der Waals surface area contributed by atoms with E-state index < -0.39 is 21.5 Å². The lowest BCUT2D eigenvalue weighted by Gasteiger charge is -2.09. The highest BCUT2D eigenvalue weighted by atomic mass is 32.2. The number of aryl methyl sites for hydroxylation is 2. The summed E-state index contributed by atoms with van der Waals surface area (Å²) in [6.45, 7) is 3.39. The third-order valence-electron chi connectivity index (χ3n) is 2.92. The van der Waals surface area contributed by atoms with Crippen molar-refractivity contribution >= 4 is 15.7 Å². The first-order valence-electron chi connectivity index (χ1n) is 5.78. The molecular formula is C12H14FN3O3S. The minimum atomic E-state index is -3.91. The summed E-state index contributed by atoms with van der Waals surface area (Å²) in [7, 11) is -3.91. The van der Waals surface area contributed by atoms with Gasteiger partial charge in [-0.05, 0) is 26.0 Å².